The highest BCUT2D eigenvalue weighted by Gasteiger charge is 2.17. The molecule has 1 N–H and O–H groups in total. The summed E-state index contributed by atoms with van der Waals surface area (Å²) >= 11 is 0. The van der Waals surface area contributed by atoms with Crippen LogP contribution in [0.5, 0.6) is 5.75 Å². The lowest BCUT2D eigenvalue weighted by Gasteiger charge is -2.09. The molecule has 2 aromatic rings. The fourth-order valence-electron chi connectivity index (χ4n) is 1.79. The van der Waals surface area contributed by atoms with E-state index in [1.54, 1.807) is 0 Å². The van der Waals surface area contributed by atoms with Crippen LogP contribution in [0.2, 0.25) is 0 Å². The van der Waals surface area contributed by atoms with Crippen LogP contribution in [0.15, 0.2) is 30.3 Å². The Labute approximate surface area is 112 Å². The lowest BCUT2D eigenvalue weighted by molar-refractivity contribution is 0.0697. The summed E-state index contributed by atoms with van der Waals surface area (Å²) in [7, 11) is 1.36. The van der Waals surface area contributed by atoms with E-state index < -0.39 is 23.4 Å². The summed E-state index contributed by atoms with van der Waals surface area (Å²) in [5.41, 5.74) is -0.202. The van der Waals surface area contributed by atoms with Crippen molar-refractivity contribution in [2.75, 3.05) is 7.11 Å². The van der Waals surface area contributed by atoms with Gasteiger partial charge in [-0.3, -0.25) is 0 Å². The van der Waals surface area contributed by atoms with E-state index in [0.717, 1.165) is 12.1 Å². The van der Waals surface area contributed by atoms with Gasteiger partial charge in [0.15, 0.2) is 17.5 Å². The van der Waals surface area contributed by atoms with Gasteiger partial charge in [-0.1, -0.05) is 0 Å². The van der Waals surface area contributed by atoms with Gasteiger partial charge < -0.3 is 9.84 Å². The summed E-state index contributed by atoms with van der Waals surface area (Å²) in [6.07, 6.45) is 0. The molecule has 2 rings (SSSR count). The predicted molar refractivity (Wildman–Crippen MR) is 65.3 cm³/mol. The second kappa shape index (κ2) is 5.24. The molecule has 0 spiro atoms. The molecule has 0 heterocycles. The third-order valence-electron chi connectivity index (χ3n) is 2.75. The SMILES string of the molecule is COc1ccc(-c2cc(F)c(F)c(F)c2)c(C(=O)O)c1. The summed E-state index contributed by atoms with van der Waals surface area (Å²) in [5.74, 6) is -5.36. The number of carboxylic acids is 1. The predicted octanol–water partition coefficient (Wildman–Crippen LogP) is 3.48. The van der Waals surface area contributed by atoms with Crippen LogP contribution in [-0.4, -0.2) is 18.2 Å². The normalized spacial score (nSPS) is 10.4. The number of rotatable bonds is 3. The Morgan fingerprint density at radius 3 is 2.20 bits per heavy atom. The van der Waals surface area contributed by atoms with Gasteiger partial charge in [-0.05, 0) is 41.5 Å². The number of halogens is 3. The molecular formula is C14H9F3O3. The van der Waals surface area contributed by atoms with Gasteiger partial charge in [0.05, 0.1) is 12.7 Å². The summed E-state index contributed by atoms with van der Waals surface area (Å²) in [6, 6.07) is 5.49. The average molecular weight is 282 g/mol. The molecule has 3 nitrogen and oxygen atoms in total. The first-order valence-corrected chi connectivity index (χ1v) is 5.50. The van der Waals surface area contributed by atoms with Crippen molar-refractivity contribution in [3.63, 3.8) is 0 Å². The molecule has 20 heavy (non-hydrogen) atoms. The van der Waals surface area contributed by atoms with Crippen LogP contribution in [0, 0.1) is 17.5 Å². The van der Waals surface area contributed by atoms with Crippen LogP contribution in [-0.2, 0) is 0 Å². The molecule has 0 bridgehead atoms. The molecule has 0 amide bonds. The number of carboxylic acid groups (broad SMARTS) is 1. The van der Waals surface area contributed by atoms with Crippen molar-refractivity contribution in [2.24, 2.45) is 0 Å². The van der Waals surface area contributed by atoms with Crippen LogP contribution in [0.25, 0.3) is 11.1 Å². The zero-order valence-electron chi connectivity index (χ0n) is 10.3. The van der Waals surface area contributed by atoms with E-state index in [1.165, 1.54) is 25.3 Å². The minimum Gasteiger partial charge on any atom is -0.497 e. The molecule has 0 atom stereocenters. The third kappa shape index (κ3) is 2.45. The van der Waals surface area contributed by atoms with Crippen molar-refractivity contribution in [3.05, 3.63) is 53.3 Å². The highest BCUT2D eigenvalue weighted by molar-refractivity contribution is 5.96. The average Bonchev–Trinajstić information content (AvgIpc) is 2.43. The molecule has 0 aliphatic carbocycles. The second-order valence-corrected chi connectivity index (χ2v) is 3.97. The van der Waals surface area contributed by atoms with Crippen LogP contribution in [0.4, 0.5) is 13.2 Å². The van der Waals surface area contributed by atoms with E-state index in [0.29, 0.717) is 0 Å². The number of benzene rings is 2. The molecule has 0 aliphatic heterocycles. The topological polar surface area (TPSA) is 46.5 Å². The molecule has 6 heteroatoms. The third-order valence-corrected chi connectivity index (χ3v) is 2.75. The molecule has 0 unspecified atom stereocenters. The smallest absolute Gasteiger partial charge is 0.336 e. The lowest BCUT2D eigenvalue weighted by Crippen LogP contribution is -2.01. The van der Waals surface area contributed by atoms with Crippen molar-refractivity contribution < 1.29 is 27.8 Å². The highest BCUT2D eigenvalue weighted by Crippen LogP contribution is 2.29. The largest absolute Gasteiger partial charge is 0.497 e. The molecule has 0 aromatic heterocycles. The number of aromatic carboxylic acids is 1. The Morgan fingerprint density at radius 2 is 1.70 bits per heavy atom. The molecule has 0 saturated carbocycles. The first-order chi connectivity index (χ1) is 9.43. The van der Waals surface area contributed by atoms with Crippen molar-refractivity contribution >= 4 is 5.97 Å². The Kier molecular flexibility index (Phi) is 3.65. The van der Waals surface area contributed by atoms with Gasteiger partial charge in [0.2, 0.25) is 0 Å². The van der Waals surface area contributed by atoms with E-state index in [2.05, 4.69) is 0 Å². The van der Waals surface area contributed by atoms with E-state index in [1.807, 2.05) is 0 Å². The molecule has 2 aromatic carbocycles. The second-order valence-electron chi connectivity index (χ2n) is 3.97. The van der Waals surface area contributed by atoms with Gasteiger partial charge >= 0.3 is 5.97 Å². The van der Waals surface area contributed by atoms with E-state index in [9.17, 15) is 18.0 Å². The maximum absolute atomic E-state index is 13.2. The summed E-state index contributed by atoms with van der Waals surface area (Å²) in [4.78, 5) is 11.2. The van der Waals surface area contributed by atoms with Crippen LogP contribution in [0.1, 0.15) is 10.4 Å². The quantitative estimate of drug-likeness (QED) is 0.877. The Hall–Kier alpha value is -2.50. The maximum Gasteiger partial charge on any atom is 0.336 e. The van der Waals surface area contributed by atoms with Gasteiger partial charge in [0.1, 0.15) is 5.75 Å². The molecule has 0 radical (unpaired) electrons. The Morgan fingerprint density at radius 1 is 1.10 bits per heavy atom. The summed E-state index contributed by atoms with van der Waals surface area (Å²) in [5, 5.41) is 9.12. The minimum absolute atomic E-state index is 0.0658. The number of carbonyl (C=O) groups is 1. The van der Waals surface area contributed by atoms with Crippen LogP contribution in [0.3, 0.4) is 0 Å². The van der Waals surface area contributed by atoms with Gasteiger partial charge in [0, 0.05) is 0 Å². The first-order valence-electron chi connectivity index (χ1n) is 5.50. The Bertz CT molecular complexity index is 660. The minimum atomic E-state index is -1.60. The number of hydrogen-bond donors (Lipinski definition) is 1. The zero-order chi connectivity index (χ0) is 14.9. The zero-order valence-corrected chi connectivity index (χ0v) is 10.3. The van der Waals surface area contributed by atoms with Gasteiger partial charge in [0.25, 0.3) is 0 Å². The number of hydrogen-bond acceptors (Lipinski definition) is 2. The standard InChI is InChI=1S/C14H9F3O3/c1-20-8-2-3-9(10(6-8)14(18)19)7-4-11(15)13(17)12(16)5-7/h2-6H,1H3,(H,18,19). The van der Waals surface area contributed by atoms with Gasteiger partial charge in [-0.2, -0.15) is 0 Å². The van der Waals surface area contributed by atoms with Crippen molar-refractivity contribution in [2.45, 2.75) is 0 Å². The molecular weight excluding hydrogens is 273 g/mol. The van der Waals surface area contributed by atoms with Crippen molar-refractivity contribution in [3.8, 4) is 16.9 Å². The molecule has 0 aliphatic rings. The monoisotopic (exact) mass is 282 g/mol. The fourth-order valence-corrected chi connectivity index (χ4v) is 1.79. The first kappa shape index (κ1) is 13.9. The van der Waals surface area contributed by atoms with E-state index in [-0.39, 0.29) is 22.4 Å². The van der Waals surface area contributed by atoms with Crippen LogP contribution >= 0.6 is 0 Å². The summed E-state index contributed by atoms with van der Waals surface area (Å²) < 4.78 is 44.2. The highest BCUT2D eigenvalue weighted by atomic mass is 19.2. The van der Waals surface area contributed by atoms with Gasteiger partial charge in [-0.15, -0.1) is 0 Å². The fraction of sp³-hybridized carbons (Fsp3) is 0.0714. The van der Waals surface area contributed by atoms with Crippen molar-refractivity contribution in [1.29, 1.82) is 0 Å². The summed E-state index contributed by atoms with van der Waals surface area (Å²) in [6.45, 7) is 0. The molecule has 104 valence electrons. The van der Waals surface area contributed by atoms with E-state index in [4.69, 9.17) is 9.84 Å². The lowest BCUT2D eigenvalue weighted by atomic mass is 9.99. The van der Waals surface area contributed by atoms with Crippen molar-refractivity contribution in [1.82, 2.24) is 0 Å². The maximum atomic E-state index is 13.2. The molecule has 0 fully saturated rings. The van der Waals surface area contributed by atoms with Crippen LogP contribution < -0.4 is 4.74 Å². The van der Waals surface area contributed by atoms with E-state index >= 15 is 0 Å². The Balaban J connectivity index is 2.66. The number of methoxy groups -OCH3 is 1. The molecule has 0 saturated heterocycles. The number of ether oxygens (including phenoxy) is 1. The van der Waals surface area contributed by atoms with Gasteiger partial charge in [-0.25, -0.2) is 18.0 Å².